The Labute approximate surface area is 163 Å². The minimum atomic E-state index is -0.424. The number of ether oxygens (including phenoxy) is 1. The fourth-order valence-corrected chi connectivity index (χ4v) is 3.19. The van der Waals surface area contributed by atoms with E-state index in [1.165, 1.54) is 19.2 Å². The number of carbonyl (C=O) groups excluding carboxylic acids is 2. The summed E-state index contributed by atoms with van der Waals surface area (Å²) in [6, 6.07) is 13.0. The van der Waals surface area contributed by atoms with E-state index in [1.54, 1.807) is 36.4 Å². The first-order valence-corrected chi connectivity index (χ1v) is 9.26. The number of hydrogen-bond donors (Lipinski definition) is 1. The van der Waals surface area contributed by atoms with Crippen LogP contribution in [0.25, 0.3) is 0 Å². The Morgan fingerprint density at radius 3 is 2.18 bits per heavy atom. The van der Waals surface area contributed by atoms with E-state index in [-0.39, 0.29) is 11.7 Å². The smallest absolute Gasteiger partial charge is 0.337 e. The van der Waals surface area contributed by atoms with E-state index in [4.69, 9.17) is 0 Å². The number of methoxy groups -OCH3 is 1. The van der Waals surface area contributed by atoms with Gasteiger partial charge in [-0.15, -0.1) is 0 Å². The zero-order valence-electron chi connectivity index (χ0n) is 15.9. The van der Waals surface area contributed by atoms with E-state index in [0.717, 1.165) is 38.4 Å². The molecule has 6 nitrogen and oxygen atoms in total. The van der Waals surface area contributed by atoms with Gasteiger partial charge in [-0.05, 0) is 48.5 Å². The van der Waals surface area contributed by atoms with Crippen LogP contribution in [0, 0.1) is 5.82 Å². The van der Waals surface area contributed by atoms with Gasteiger partial charge in [-0.25, -0.2) is 9.18 Å². The summed E-state index contributed by atoms with van der Waals surface area (Å²) < 4.78 is 17.7. The van der Waals surface area contributed by atoms with Gasteiger partial charge in [0, 0.05) is 50.5 Å². The van der Waals surface area contributed by atoms with Crippen LogP contribution in [-0.4, -0.2) is 63.2 Å². The molecule has 1 aliphatic rings. The average molecular weight is 385 g/mol. The van der Waals surface area contributed by atoms with Crippen molar-refractivity contribution in [2.75, 3.05) is 51.3 Å². The highest BCUT2D eigenvalue weighted by atomic mass is 19.1. The maximum absolute atomic E-state index is 13.0. The maximum atomic E-state index is 13.0. The minimum absolute atomic E-state index is 0.165. The lowest BCUT2D eigenvalue weighted by molar-refractivity contribution is 0.0600. The van der Waals surface area contributed by atoms with E-state index in [1.807, 2.05) is 0 Å². The van der Waals surface area contributed by atoms with Crippen molar-refractivity contribution in [3.63, 3.8) is 0 Å². The molecular weight excluding hydrogens is 361 g/mol. The molecule has 2 aromatic carbocycles. The molecule has 0 saturated carbocycles. The Bertz CT molecular complexity index is 801. The second kappa shape index (κ2) is 9.32. The Morgan fingerprint density at radius 1 is 0.964 bits per heavy atom. The minimum Gasteiger partial charge on any atom is -0.465 e. The SMILES string of the molecule is COC(=O)c1ccc(C(=O)NCCN2CCN(c3ccc(F)cc3)CC2)cc1. The molecule has 1 aliphatic heterocycles. The molecule has 148 valence electrons. The first-order valence-electron chi connectivity index (χ1n) is 9.26. The summed E-state index contributed by atoms with van der Waals surface area (Å²) >= 11 is 0. The van der Waals surface area contributed by atoms with Gasteiger partial charge in [0.25, 0.3) is 5.91 Å². The van der Waals surface area contributed by atoms with Crippen LogP contribution in [0.3, 0.4) is 0 Å². The van der Waals surface area contributed by atoms with Gasteiger partial charge < -0.3 is 15.0 Å². The number of amides is 1. The lowest BCUT2D eigenvalue weighted by Gasteiger charge is -2.36. The maximum Gasteiger partial charge on any atom is 0.337 e. The van der Waals surface area contributed by atoms with Crippen LogP contribution in [-0.2, 0) is 4.74 Å². The quantitative estimate of drug-likeness (QED) is 0.773. The first kappa shape index (κ1) is 19.8. The van der Waals surface area contributed by atoms with E-state index in [0.29, 0.717) is 17.7 Å². The van der Waals surface area contributed by atoms with Gasteiger partial charge in [0.2, 0.25) is 0 Å². The predicted molar refractivity (Wildman–Crippen MR) is 105 cm³/mol. The van der Waals surface area contributed by atoms with E-state index < -0.39 is 5.97 Å². The lowest BCUT2D eigenvalue weighted by atomic mass is 10.1. The van der Waals surface area contributed by atoms with Crippen LogP contribution in [0.1, 0.15) is 20.7 Å². The Morgan fingerprint density at radius 2 is 1.57 bits per heavy atom. The molecule has 1 N–H and O–H groups in total. The standard InChI is InChI=1S/C21H24FN3O3/c1-28-21(27)17-4-2-16(3-5-17)20(26)23-10-11-24-12-14-25(15-13-24)19-8-6-18(22)7-9-19/h2-9H,10-15H2,1H3,(H,23,26). The number of halogens is 1. The van der Waals surface area contributed by atoms with Crippen LogP contribution < -0.4 is 10.2 Å². The van der Waals surface area contributed by atoms with Crippen LogP contribution in [0.2, 0.25) is 0 Å². The highest BCUT2D eigenvalue weighted by Gasteiger charge is 2.17. The summed E-state index contributed by atoms with van der Waals surface area (Å²) in [6.45, 7) is 4.84. The predicted octanol–water partition coefficient (Wildman–Crippen LogP) is 2.16. The van der Waals surface area contributed by atoms with Gasteiger partial charge >= 0.3 is 5.97 Å². The zero-order valence-corrected chi connectivity index (χ0v) is 15.9. The zero-order chi connectivity index (χ0) is 19.9. The third-order valence-electron chi connectivity index (χ3n) is 4.85. The van der Waals surface area contributed by atoms with Crippen molar-refractivity contribution in [1.82, 2.24) is 10.2 Å². The molecule has 0 spiro atoms. The molecule has 1 saturated heterocycles. The molecule has 0 aliphatic carbocycles. The van der Waals surface area contributed by atoms with E-state index >= 15 is 0 Å². The third-order valence-corrected chi connectivity index (χ3v) is 4.85. The van der Waals surface area contributed by atoms with E-state index in [2.05, 4.69) is 19.9 Å². The second-order valence-electron chi connectivity index (χ2n) is 6.63. The molecule has 0 unspecified atom stereocenters. The molecule has 7 heteroatoms. The lowest BCUT2D eigenvalue weighted by Crippen LogP contribution is -2.48. The normalized spacial score (nSPS) is 14.6. The fraction of sp³-hybridized carbons (Fsp3) is 0.333. The monoisotopic (exact) mass is 385 g/mol. The summed E-state index contributed by atoms with van der Waals surface area (Å²) in [5, 5.41) is 2.91. The summed E-state index contributed by atoms with van der Waals surface area (Å²) in [4.78, 5) is 28.2. The van der Waals surface area contributed by atoms with Crippen LogP contribution in [0.4, 0.5) is 10.1 Å². The second-order valence-corrected chi connectivity index (χ2v) is 6.63. The molecule has 1 fully saturated rings. The fourth-order valence-electron chi connectivity index (χ4n) is 3.19. The number of benzene rings is 2. The van der Waals surface area contributed by atoms with Crippen LogP contribution in [0.15, 0.2) is 48.5 Å². The van der Waals surface area contributed by atoms with Gasteiger partial charge in [0.1, 0.15) is 5.82 Å². The summed E-state index contributed by atoms with van der Waals surface area (Å²) in [7, 11) is 1.32. The number of esters is 1. The number of nitrogens with zero attached hydrogens (tertiary/aromatic N) is 2. The van der Waals surface area contributed by atoms with Crippen molar-refractivity contribution < 1.29 is 18.7 Å². The van der Waals surface area contributed by atoms with Crippen molar-refractivity contribution >= 4 is 17.6 Å². The Hall–Kier alpha value is -2.93. The molecule has 2 aromatic rings. The largest absolute Gasteiger partial charge is 0.465 e. The van der Waals surface area contributed by atoms with Crippen LogP contribution >= 0.6 is 0 Å². The van der Waals surface area contributed by atoms with Crippen molar-refractivity contribution in [1.29, 1.82) is 0 Å². The van der Waals surface area contributed by atoms with Crippen molar-refractivity contribution in [3.05, 3.63) is 65.5 Å². The topological polar surface area (TPSA) is 61.9 Å². The molecule has 0 bridgehead atoms. The van der Waals surface area contributed by atoms with Crippen molar-refractivity contribution in [2.45, 2.75) is 0 Å². The Kier molecular flexibility index (Phi) is 6.60. The van der Waals surface area contributed by atoms with Gasteiger partial charge in [-0.2, -0.15) is 0 Å². The number of carbonyl (C=O) groups is 2. The first-order chi connectivity index (χ1) is 13.6. The summed E-state index contributed by atoms with van der Waals surface area (Å²) in [5.41, 5.74) is 1.96. The molecule has 28 heavy (non-hydrogen) atoms. The number of piperazine rings is 1. The van der Waals surface area contributed by atoms with Crippen molar-refractivity contribution in [2.24, 2.45) is 0 Å². The highest BCUT2D eigenvalue weighted by Crippen LogP contribution is 2.16. The average Bonchev–Trinajstić information content (AvgIpc) is 2.74. The third kappa shape index (κ3) is 5.07. The molecule has 3 rings (SSSR count). The van der Waals surface area contributed by atoms with Gasteiger partial charge in [-0.1, -0.05) is 0 Å². The van der Waals surface area contributed by atoms with Gasteiger partial charge in [0.05, 0.1) is 12.7 Å². The molecule has 1 amide bonds. The molecule has 1 heterocycles. The molecule has 0 radical (unpaired) electrons. The number of rotatable bonds is 6. The van der Waals surface area contributed by atoms with Crippen molar-refractivity contribution in [3.8, 4) is 0 Å². The summed E-state index contributed by atoms with van der Waals surface area (Å²) in [6.07, 6.45) is 0. The number of nitrogens with one attached hydrogen (secondary N) is 1. The molecular formula is C21H24FN3O3. The van der Waals surface area contributed by atoms with Gasteiger partial charge in [-0.3, -0.25) is 9.69 Å². The van der Waals surface area contributed by atoms with Gasteiger partial charge in [0.15, 0.2) is 0 Å². The number of anilines is 1. The van der Waals surface area contributed by atoms with Crippen LogP contribution in [0.5, 0.6) is 0 Å². The summed E-state index contributed by atoms with van der Waals surface area (Å²) in [5.74, 6) is -0.814. The molecule has 0 atom stereocenters. The number of hydrogen-bond acceptors (Lipinski definition) is 5. The Balaban J connectivity index is 1.40. The highest BCUT2D eigenvalue weighted by molar-refractivity contribution is 5.96. The van der Waals surface area contributed by atoms with E-state index in [9.17, 15) is 14.0 Å². The molecule has 0 aromatic heterocycles.